The van der Waals surface area contributed by atoms with Gasteiger partial charge in [0.1, 0.15) is 0 Å². The van der Waals surface area contributed by atoms with Gasteiger partial charge in [-0.15, -0.1) is 13.2 Å². The zero-order valence-corrected chi connectivity index (χ0v) is 10.5. The Labute approximate surface area is 107 Å². The Morgan fingerprint density at radius 3 is 2.33 bits per heavy atom. The monoisotopic (exact) mass is 335 g/mol. The first-order chi connectivity index (χ1) is 8.30. The van der Waals surface area contributed by atoms with Gasteiger partial charge < -0.3 is 9.47 Å². The first-order valence-corrected chi connectivity index (χ1v) is 5.58. The molecule has 0 aliphatic rings. The standard InChI is InChI=1S/C9H7BrF5NO2/c1-17-7-5(8(11)12)16-3-4(2-10)6(7)18-9(13,14)15/h3,8H,2H2,1H3. The van der Waals surface area contributed by atoms with E-state index in [2.05, 4.69) is 30.4 Å². The Hall–Kier alpha value is -1.12. The molecule has 0 atom stereocenters. The van der Waals surface area contributed by atoms with Crippen molar-refractivity contribution in [3.05, 3.63) is 17.5 Å². The molecule has 0 aromatic carbocycles. The van der Waals surface area contributed by atoms with Crippen LogP contribution in [0.15, 0.2) is 6.20 Å². The maximum Gasteiger partial charge on any atom is 0.573 e. The second-order valence-corrected chi connectivity index (χ2v) is 3.57. The van der Waals surface area contributed by atoms with Crippen molar-refractivity contribution in [2.75, 3.05) is 7.11 Å². The van der Waals surface area contributed by atoms with Crippen LogP contribution in [0.4, 0.5) is 22.0 Å². The second-order valence-electron chi connectivity index (χ2n) is 3.01. The molecule has 0 saturated heterocycles. The minimum absolute atomic E-state index is 0.0476. The van der Waals surface area contributed by atoms with Crippen LogP contribution in [0, 0.1) is 0 Å². The van der Waals surface area contributed by atoms with Gasteiger partial charge in [0.25, 0.3) is 6.43 Å². The lowest BCUT2D eigenvalue weighted by atomic mass is 10.2. The van der Waals surface area contributed by atoms with Crippen LogP contribution in [0.2, 0.25) is 0 Å². The molecule has 1 aromatic heterocycles. The third-order valence-electron chi connectivity index (χ3n) is 1.86. The fourth-order valence-electron chi connectivity index (χ4n) is 1.20. The van der Waals surface area contributed by atoms with Crippen LogP contribution in [-0.2, 0) is 5.33 Å². The molecule has 0 spiro atoms. The Balaban J connectivity index is 3.37. The largest absolute Gasteiger partial charge is 0.573 e. The molecule has 0 saturated carbocycles. The zero-order valence-electron chi connectivity index (χ0n) is 8.89. The molecule has 1 aromatic rings. The van der Waals surface area contributed by atoms with Gasteiger partial charge in [-0.3, -0.25) is 4.98 Å². The molecule has 3 nitrogen and oxygen atoms in total. The van der Waals surface area contributed by atoms with E-state index in [9.17, 15) is 22.0 Å². The summed E-state index contributed by atoms with van der Waals surface area (Å²) in [5.74, 6) is -1.54. The van der Waals surface area contributed by atoms with E-state index in [1.54, 1.807) is 0 Å². The van der Waals surface area contributed by atoms with Crippen molar-refractivity contribution < 1.29 is 31.4 Å². The Morgan fingerprint density at radius 2 is 1.94 bits per heavy atom. The molecule has 18 heavy (non-hydrogen) atoms. The van der Waals surface area contributed by atoms with Crippen molar-refractivity contribution in [1.29, 1.82) is 0 Å². The van der Waals surface area contributed by atoms with Gasteiger partial charge in [-0.2, -0.15) is 0 Å². The SMILES string of the molecule is COc1c(C(F)F)ncc(CBr)c1OC(F)(F)F. The molecule has 0 aliphatic carbocycles. The van der Waals surface area contributed by atoms with Gasteiger partial charge in [0, 0.05) is 17.1 Å². The predicted octanol–water partition coefficient (Wildman–Crippen LogP) is 3.82. The van der Waals surface area contributed by atoms with Crippen LogP contribution in [0.3, 0.4) is 0 Å². The van der Waals surface area contributed by atoms with Crippen molar-refractivity contribution in [3.8, 4) is 11.5 Å². The quantitative estimate of drug-likeness (QED) is 0.619. The maximum atomic E-state index is 12.6. The van der Waals surface area contributed by atoms with Crippen molar-refractivity contribution in [2.45, 2.75) is 18.1 Å². The third-order valence-corrected chi connectivity index (χ3v) is 2.47. The second kappa shape index (κ2) is 5.68. The smallest absolute Gasteiger partial charge is 0.491 e. The molecular weight excluding hydrogens is 329 g/mol. The summed E-state index contributed by atoms with van der Waals surface area (Å²) in [6.07, 6.45) is -7.20. The number of hydrogen-bond acceptors (Lipinski definition) is 3. The summed E-state index contributed by atoms with van der Waals surface area (Å²) in [5.41, 5.74) is -0.949. The van der Waals surface area contributed by atoms with E-state index in [-0.39, 0.29) is 10.9 Å². The third kappa shape index (κ3) is 3.44. The van der Waals surface area contributed by atoms with Crippen LogP contribution in [-0.4, -0.2) is 18.5 Å². The summed E-state index contributed by atoms with van der Waals surface area (Å²) in [5, 5.41) is -0.0503. The molecule has 0 amide bonds. The average Bonchev–Trinajstić information content (AvgIpc) is 2.26. The van der Waals surface area contributed by atoms with Crippen LogP contribution < -0.4 is 9.47 Å². The summed E-state index contributed by atoms with van der Waals surface area (Å²) in [6, 6.07) is 0. The number of alkyl halides is 6. The molecule has 0 N–H and O–H groups in total. The zero-order chi connectivity index (χ0) is 13.9. The van der Waals surface area contributed by atoms with Crippen LogP contribution in [0.5, 0.6) is 11.5 Å². The number of pyridine rings is 1. The lowest BCUT2D eigenvalue weighted by Crippen LogP contribution is -2.19. The van der Waals surface area contributed by atoms with Gasteiger partial charge >= 0.3 is 6.36 Å². The molecule has 102 valence electrons. The molecule has 0 fully saturated rings. The van der Waals surface area contributed by atoms with E-state index in [4.69, 9.17) is 0 Å². The number of nitrogens with zero attached hydrogens (tertiary/aromatic N) is 1. The van der Waals surface area contributed by atoms with Gasteiger partial charge in [-0.25, -0.2) is 8.78 Å². The molecule has 0 aliphatic heterocycles. The van der Waals surface area contributed by atoms with Gasteiger partial charge in [0.15, 0.2) is 17.2 Å². The summed E-state index contributed by atoms with van der Waals surface area (Å²) in [4.78, 5) is 3.36. The first kappa shape index (κ1) is 14.9. The highest BCUT2D eigenvalue weighted by Crippen LogP contribution is 2.41. The van der Waals surface area contributed by atoms with Gasteiger partial charge in [0.05, 0.1) is 7.11 Å². The molecule has 1 rings (SSSR count). The van der Waals surface area contributed by atoms with E-state index in [1.165, 1.54) is 0 Å². The number of hydrogen-bond donors (Lipinski definition) is 0. The Kier molecular flexibility index (Phi) is 4.71. The van der Waals surface area contributed by atoms with Crippen molar-refractivity contribution in [2.24, 2.45) is 0 Å². The lowest BCUT2D eigenvalue weighted by molar-refractivity contribution is -0.275. The lowest BCUT2D eigenvalue weighted by Gasteiger charge is -2.17. The summed E-state index contributed by atoms with van der Waals surface area (Å²) in [6.45, 7) is 0. The molecule has 0 unspecified atom stereocenters. The molecular formula is C9H7BrF5NO2. The van der Waals surface area contributed by atoms with Crippen LogP contribution >= 0.6 is 15.9 Å². The summed E-state index contributed by atoms with van der Waals surface area (Å²) >= 11 is 2.91. The van der Waals surface area contributed by atoms with E-state index in [0.29, 0.717) is 0 Å². The fraction of sp³-hybridized carbons (Fsp3) is 0.444. The van der Waals surface area contributed by atoms with Crippen molar-refractivity contribution in [3.63, 3.8) is 0 Å². The van der Waals surface area contributed by atoms with Gasteiger partial charge in [-0.1, -0.05) is 15.9 Å². The van der Waals surface area contributed by atoms with E-state index < -0.39 is 30.0 Å². The Bertz CT molecular complexity index is 424. The fourth-order valence-corrected chi connectivity index (χ4v) is 1.60. The van der Waals surface area contributed by atoms with Crippen LogP contribution in [0.1, 0.15) is 17.7 Å². The molecule has 1 heterocycles. The number of aromatic nitrogens is 1. The highest BCUT2D eigenvalue weighted by molar-refractivity contribution is 9.08. The van der Waals surface area contributed by atoms with E-state index >= 15 is 0 Å². The average molecular weight is 336 g/mol. The van der Waals surface area contributed by atoms with Crippen molar-refractivity contribution >= 4 is 15.9 Å². The topological polar surface area (TPSA) is 31.4 Å². The summed E-state index contributed by atoms with van der Waals surface area (Å²) < 4.78 is 70.0. The normalized spacial score (nSPS) is 11.8. The predicted molar refractivity (Wildman–Crippen MR) is 55.1 cm³/mol. The minimum Gasteiger partial charge on any atom is -0.491 e. The van der Waals surface area contributed by atoms with Crippen LogP contribution in [0.25, 0.3) is 0 Å². The number of ether oxygens (including phenoxy) is 2. The van der Waals surface area contributed by atoms with Gasteiger partial charge in [-0.05, 0) is 0 Å². The van der Waals surface area contributed by atoms with Gasteiger partial charge in [0.2, 0.25) is 0 Å². The minimum atomic E-state index is -5.01. The highest BCUT2D eigenvalue weighted by Gasteiger charge is 2.35. The number of rotatable bonds is 4. The number of methoxy groups -OCH3 is 1. The molecule has 0 radical (unpaired) electrons. The molecule has 9 heteroatoms. The van der Waals surface area contributed by atoms with E-state index in [1.807, 2.05) is 0 Å². The van der Waals surface area contributed by atoms with E-state index in [0.717, 1.165) is 13.3 Å². The Morgan fingerprint density at radius 1 is 1.33 bits per heavy atom. The summed E-state index contributed by atoms with van der Waals surface area (Å²) in [7, 11) is 0.962. The maximum absolute atomic E-state index is 12.6. The van der Waals surface area contributed by atoms with Crippen molar-refractivity contribution in [1.82, 2.24) is 4.98 Å². The first-order valence-electron chi connectivity index (χ1n) is 4.45. The molecule has 0 bridgehead atoms. The number of halogens is 6. The highest BCUT2D eigenvalue weighted by atomic mass is 79.9.